The second-order valence-corrected chi connectivity index (χ2v) is 7.47. The van der Waals surface area contributed by atoms with E-state index in [1.54, 1.807) is 6.20 Å². The van der Waals surface area contributed by atoms with Crippen molar-refractivity contribution in [1.29, 1.82) is 0 Å². The predicted octanol–water partition coefficient (Wildman–Crippen LogP) is 2.17. The van der Waals surface area contributed by atoms with Gasteiger partial charge in [-0.3, -0.25) is 14.6 Å². The third-order valence-corrected chi connectivity index (χ3v) is 5.10. The first-order valence-electron chi connectivity index (χ1n) is 9.46. The number of fused-ring (bicyclic) bond motifs is 1. The van der Waals surface area contributed by atoms with Crippen molar-refractivity contribution in [2.75, 3.05) is 19.5 Å². The van der Waals surface area contributed by atoms with Crippen molar-refractivity contribution in [2.45, 2.75) is 17.5 Å². The fourth-order valence-electron chi connectivity index (χ4n) is 2.75. The normalized spacial score (nSPS) is 11.5. The molecule has 1 atom stereocenters. The van der Waals surface area contributed by atoms with Gasteiger partial charge in [-0.15, -0.1) is 0 Å². The van der Waals surface area contributed by atoms with Gasteiger partial charge in [0.1, 0.15) is 11.1 Å². The molecule has 0 bridgehead atoms. The van der Waals surface area contributed by atoms with Crippen LogP contribution in [0.15, 0.2) is 65.8 Å². The standard InChI is InChI=1S/C22H21N3O5S/c1-29-22(28)18(11-15-7-3-2-4-8-15)24-19(26)13-30-21(27)14-31-20-12-23-16-9-5-6-10-17(16)25-20/h2-10,12,18H,11,13-14H2,1H3,(H,24,26). The Labute approximate surface area is 183 Å². The van der Waals surface area contributed by atoms with E-state index in [0.717, 1.165) is 16.6 Å². The fourth-order valence-corrected chi connectivity index (χ4v) is 3.39. The maximum Gasteiger partial charge on any atom is 0.328 e. The van der Waals surface area contributed by atoms with Crippen LogP contribution in [-0.4, -0.2) is 53.3 Å². The van der Waals surface area contributed by atoms with Crippen LogP contribution in [0, 0.1) is 0 Å². The zero-order valence-electron chi connectivity index (χ0n) is 16.8. The van der Waals surface area contributed by atoms with Crippen LogP contribution in [-0.2, 0) is 30.3 Å². The van der Waals surface area contributed by atoms with Gasteiger partial charge in [-0.05, 0) is 17.7 Å². The molecule has 9 heteroatoms. The zero-order chi connectivity index (χ0) is 22.1. The molecule has 0 saturated carbocycles. The highest BCUT2D eigenvalue weighted by Crippen LogP contribution is 2.17. The van der Waals surface area contributed by atoms with Crippen LogP contribution in [0.5, 0.6) is 0 Å². The zero-order valence-corrected chi connectivity index (χ0v) is 17.6. The third kappa shape index (κ3) is 6.78. The predicted molar refractivity (Wildman–Crippen MR) is 115 cm³/mol. The van der Waals surface area contributed by atoms with E-state index in [1.165, 1.54) is 18.9 Å². The largest absolute Gasteiger partial charge is 0.467 e. The van der Waals surface area contributed by atoms with Gasteiger partial charge < -0.3 is 14.8 Å². The summed E-state index contributed by atoms with van der Waals surface area (Å²) in [5.74, 6) is -1.76. The number of amides is 1. The van der Waals surface area contributed by atoms with Crippen LogP contribution >= 0.6 is 11.8 Å². The van der Waals surface area contributed by atoms with Crippen LogP contribution in [0.2, 0.25) is 0 Å². The number of hydrogen-bond donors (Lipinski definition) is 1. The Balaban J connectivity index is 1.46. The molecule has 31 heavy (non-hydrogen) atoms. The summed E-state index contributed by atoms with van der Waals surface area (Å²) in [6.07, 6.45) is 1.85. The van der Waals surface area contributed by atoms with E-state index in [-0.39, 0.29) is 12.2 Å². The molecule has 1 heterocycles. The van der Waals surface area contributed by atoms with Gasteiger partial charge in [0.15, 0.2) is 6.61 Å². The number of ether oxygens (including phenoxy) is 2. The minimum absolute atomic E-state index is 0.0231. The summed E-state index contributed by atoms with van der Waals surface area (Å²) < 4.78 is 9.76. The highest BCUT2D eigenvalue weighted by Gasteiger charge is 2.22. The van der Waals surface area contributed by atoms with Gasteiger partial charge in [-0.1, -0.05) is 54.2 Å². The fraction of sp³-hybridized carbons (Fsp3) is 0.227. The van der Waals surface area contributed by atoms with Gasteiger partial charge in [0, 0.05) is 6.42 Å². The number of thioether (sulfide) groups is 1. The average molecular weight is 439 g/mol. The number of para-hydroxylation sites is 2. The van der Waals surface area contributed by atoms with Crippen LogP contribution < -0.4 is 5.32 Å². The third-order valence-electron chi connectivity index (χ3n) is 4.23. The van der Waals surface area contributed by atoms with E-state index in [0.29, 0.717) is 5.03 Å². The molecule has 3 aromatic rings. The quantitative estimate of drug-likeness (QED) is 0.399. The number of esters is 2. The second kappa shape index (κ2) is 11.1. The van der Waals surface area contributed by atoms with Crippen LogP contribution in [0.1, 0.15) is 5.56 Å². The lowest BCUT2D eigenvalue weighted by atomic mass is 10.1. The van der Waals surface area contributed by atoms with Crippen molar-refractivity contribution < 1.29 is 23.9 Å². The van der Waals surface area contributed by atoms with Crippen molar-refractivity contribution in [3.63, 3.8) is 0 Å². The van der Waals surface area contributed by atoms with E-state index in [4.69, 9.17) is 9.47 Å². The molecule has 0 saturated heterocycles. The molecular formula is C22H21N3O5S. The monoisotopic (exact) mass is 439 g/mol. The summed E-state index contributed by atoms with van der Waals surface area (Å²) in [5, 5.41) is 3.12. The molecule has 3 rings (SSSR count). The molecule has 0 spiro atoms. The summed E-state index contributed by atoms with van der Waals surface area (Å²) in [6.45, 7) is -0.495. The lowest BCUT2D eigenvalue weighted by Gasteiger charge is -2.16. The summed E-state index contributed by atoms with van der Waals surface area (Å²) in [5.41, 5.74) is 2.36. The van der Waals surface area contributed by atoms with E-state index in [9.17, 15) is 14.4 Å². The van der Waals surface area contributed by atoms with Gasteiger partial charge in [-0.2, -0.15) is 0 Å². The molecular weight excluding hydrogens is 418 g/mol. The SMILES string of the molecule is COC(=O)C(Cc1ccccc1)NC(=O)COC(=O)CSc1cnc2ccccc2n1. The maximum absolute atomic E-state index is 12.2. The number of rotatable bonds is 9. The number of carbonyl (C=O) groups is 3. The molecule has 0 fully saturated rings. The average Bonchev–Trinajstić information content (AvgIpc) is 2.81. The summed E-state index contributed by atoms with van der Waals surface area (Å²) >= 11 is 1.17. The molecule has 0 aliphatic rings. The first-order valence-corrected chi connectivity index (χ1v) is 10.4. The number of aromatic nitrogens is 2. The molecule has 0 aliphatic carbocycles. The van der Waals surface area contributed by atoms with Crippen LogP contribution in [0.4, 0.5) is 0 Å². The first kappa shape index (κ1) is 22.2. The summed E-state index contributed by atoms with van der Waals surface area (Å²) in [6, 6.07) is 15.8. The van der Waals surface area contributed by atoms with Crippen molar-refractivity contribution >= 4 is 40.6 Å². The minimum atomic E-state index is -0.874. The Hall–Kier alpha value is -3.46. The molecule has 1 amide bonds. The molecule has 1 aromatic heterocycles. The summed E-state index contributed by atoms with van der Waals surface area (Å²) in [4.78, 5) is 44.8. The van der Waals surface area contributed by atoms with Gasteiger partial charge in [0.05, 0.1) is 30.1 Å². The Morgan fingerprint density at radius 2 is 1.74 bits per heavy atom. The van der Waals surface area contributed by atoms with E-state index in [1.807, 2.05) is 54.6 Å². The van der Waals surface area contributed by atoms with Crippen molar-refractivity contribution in [1.82, 2.24) is 15.3 Å². The highest BCUT2D eigenvalue weighted by atomic mass is 32.2. The van der Waals surface area contributed by atoms with Crippen molar-refractivity contribution in [3.05, 3.63) is 66.4 Å². The number of benzene rings is 2. The molecule has 1 N–H and O–H groups in total. The smallest absolute Gasteiger partial charge is 0.328 e. The first-order chi connectivity index (χ1) is 15.0. The highest BCUT2D eigenvalue weighted by molar-refractivity contribution is 7.99. The number of methoxy groups -OCH3 is 1. The van der Waals surface area contributed by atoms with Gasteiger partial charge in [-0.25, -0.2) is 9.78 Å². The Kier molecular flexibility index (Phi) is 7.94. The van der Waals surface area contributed by atoms with E-state index < -0.39 is 30.5 Å². The number of nitrogens with one attached hydrogen (secondary N) is 1. The lowest BCUT2D eigenvalue weighted by molar-refractivity contribution is -0.148. The molecule has 0 aliphatic heterocycles. The second-order valence-electron chi connectivity index (χ2n) is 6.48. The molecule has 8 nitrogen and oxygen atoms in total. The van der Waals surface area contributed by atoms with Gasteiger partial charge in [0.25, 0.3) is 5.91 Å². The van der Waals surface area contributed by atoms with E-state index in [2.05, 4.69) is 15.3 Å². The lowest BCUT2D eigenvalue weighted by Crippen LogP contribution is -2.44. The number of nitrogens with zero attached hydrogens (tertiary/aromatic N) is 2. The number of carbonyl (C=O) groups excluding carboxylic acids is 3. The Morgan fingerprint density at radius 1 is 1.03 bits per heavy atom. The van der Waals surface area contributed by atoms with E-state index >= 15 is 0 Å². The molecule has 160 valence electrons. The molecule has 1 unspecified atom stereocenters. The minimum Gasteiger partial charge on any atom is -0.467 e. The maximum atomic E-state index is 12.2. The summed E-state index contributed by atoms with van der Waals surface area (Å²) in [7, 11) is 1.25. The Bertz CT molecular complexity index is 1060. The topological polar surface area (TPSA) is 107 Å². The molecule has 0 radical (unpaired) electrons. The van der Waals surface area contributed by atoms with Gasteiger partial charge in [0.2, 0.25) is 0 Å². The van der Waals surface area contributed by atoms with Crippen molar-refractivity contribution in [3.8, 4) is 0 Å². The molecule has 2 aromatic carbocycles. The van der Waals surface area contributed by atoms with Crippen LogP contribution in [0.25, 0.3) is 11.0 Å². The van der Waals surface area contributed by atoms with Crippen LogP contribution in [0.3, 0.4) is 0 Å². The Morgan fingerprint density at radius 3 is 2.48 bits per heavy atom. The van der Waals surface area contributed by atoms with Gasteiger partial charge >= 0.3 is 11.9 Å². The number of hydrogen-bond acceptors (Lipinski definition) is 8. The van der Waals surface area contributed by atoms with Crippen molar-refractivity contribution in [2.24, 2.45) is 0 Å².